The van der Waals surface area contributed by atoms with E-state index in [0.29, 0.717) is 11.5 Å². The first kappa shape index (κ1) is 16.0. The number of aryl methyl sites for hydroxylation is 2. The van der Waals surface area contributed by atoms with Gasteiger partial charge in [-0.2, -0.15) is 0 Å². The second-order valence-corrected chi connectivity index (χ2v) is 6.38. The Morgan fingerprint density at radius 2 is 1.76 bits per heavy atom. The lowest BCUT2D eigenvalue weighted by Gasteiger charge is -2.10. The molecule has 0 unspecified atom stereocenters. The average molecular weight is 414 g/mol. The number of hydrogen-bond acceptors (Lipinski definition) is 3. The van der Waals surface area contributed by atoms with Crippen molar-refractivity contribution in [2.45, 2.75) is 13.8 Å². The van der Waals surface area contributed by atoms with Crippen molar-refractivity contribution in [3.63, 3.8) is 0 Å². The van der Waals surface area contributed by atoms with Gasteiger partial charge >= 0.3 is 5.97 Å². The van der Waals surface area contributed by atoms with E-state index in [4.69, 9.17) is 9.47 Å². The van der Waals surface area contributed by atoms with E-state index in [9.17, 15) is 4.79 Å². The van der Waals surface area contributed by atoms with Crippen LogP contribution in [0.25, 0.3) is 0 Å². The fourth-order valence-electron chi connectivity index (χ4n) is 1.79. The Kier molecular flexibility index (Phi) is 5.42. The molecule has 5 heteroatoms. The molecule has 0 aliphatic carbocycles. The number of hydrogen-bond donors (Lipinski definition) is 0. The predicted octanol–water partition coefficient (Wildman–Crippen LogP) is 4.81. The van der Waals surface area contributed by atoms with Gasteiger partial charge in [-0.1, -0.05) is 33.6 Å². The van der Waals surface area contributed by atoms with Crippen molar-refractivity contribution in [2.75, 3.05) is 6.61 Å². The van der Waals surface area contributed by atoms with Crippen molar-refractivity contribution < 1.29 is 14.3 Å². The summed E-state index contributed by atoms with van der Waals surface area (Å²) in [6, 6.07) is 11.1. The summed E-state index contributed by atoms with van der Waals surface area (Å²) in [6.07, 6.45) is 0. The van der Waals surface area contributed by atoms with Crippen LogP contribution in [0.1, 0.15) is 11.1 Å². The van der Waals surface area contributed by atoms with Crippen molar-refractivity contribution in [3.8, 4) is 11.5 Å². The van der Waals surface area contributed by atoms with Crippen molar-refractivity contribution >= 4 is 37.8 Å². The van der Waals surface area contributed by atoms with E-state index in [1.54, 1.807) is 12.1 Å². The minimum absolute atomic E-state index is 0.145. The first-order valence-electron chi connectivity index (χ1n) is 6.31. The zero-order chi connectivity index (χ0) is 15.4. The van der Waals surface area contributed by atoms with Gasteiger partial charge in [-0.3, -0.25) is 0 Å². The zero-order valence-corrected chi connectivity index (χ0v) is 14.8. The monoisotopic (exact) mass is 412 g/mol. The Morgan fingerprint density at radius 1 is 1.05 bits per heavy atom. The molecule has 21 heavy (non-hydrogen) atoms. The summed E-state index contributed by atoms with van der Waals surface area (Å²) in [7, 11) is 0. The highest BCUT2D eigenvalue weighted by Gasteiger charge is 2.10. The van der Waals surface area contributed by atoms with Crippen LogP contribution in [-0.4, -0.2) is 12.6 Å². The van der Waals surface area contributed by atoms with Crippen LogP contribution >= 0.6 is 31.9 Å². The van der Waals surface area contributed by atoms with E-state index in [-0.39, 0.29) is 6.61 Å². The number of esters is 1. The highest BCUT2D eigenvalue weighted by Crippen LogP contribution is 2.28. The summed E-state index contributed by atoms with van der Waals surface area (Å²) < 4.78 is 12.4. The number of ether oxygens (including phenoxy) is 2. The molecule has 0 aliphatic heterocycles. The minimum atomic E-state index is -0.434. The van der Waals surface area contributed by atoms with E-state index in [0.717, 1.165) is 20.1 Å². The molecular formula is C16H14Br2O3. The van der Waals surface area contributed by atoms with Crippen molar-refractivity contribution in [3.05, 3.63) is 56.5 Å². The van der Waals surface area contributed by atoms with Crippen LogP contribution in [0.4, 0.5) is 0 Å². The maximum atomic E-state index is 11.8. The Balaban J connectivity index is 1.96. The van der Waals surface area contributed by atoms with Gasteiger partial charge in [0.15, 0.2) is 6.61 Å². The highest BCUT2D eigenvalue weighted by atomic mass is 79.9. The summed E-state index contributed by atoms with van der Waals surface area (Å²) in [4.78, 5) is 11.8. The number of rotatable bonds is 4. The zero-order valence-electron chi connectivity index (χ0n) is 11.7. The van der Waals surface area contributed by atoms with Gasteiger partial charge in [-0.15, -0.1) is 0 Å². The number of benzene rings is 2. The molecule has 0 amide bonds. The van der Waals surface area contributed by atoms with Gasteiger partial charge < -0.3 is 9.47 Å². The van der Waals surface area contributed by atoms with Crippen LogP contribution in [0.5, 0.6) is 11.5 Å². The minimum Gasteiger partial charge on any atom is -0.481 e. The van der Waals surface area contributed by atoms with Gasteiger partial charge in [-0.05, 0) is 59.6 Å². The molecule has 0 spiro atoms. The summed E-state index contributed by atoms with van der Waals surface area (Å²) >= 11 is 6.73. The largest absolute Gasteiger partial charge is 0.481 e. The molecule has 0 fully saturated rings. The molecule has 2 aromatic carbocycles. The molecule has 0 aliphatic rings. The third-order valence-corrected chi connectivity index (χ3v) is 3.91. The first-order chi connectivity index (χ1) is 9.95. The maximum absolute atomic E-state index is 11.8. The van der Waals surface area contributed by atoms with Gasteiger partial charge in [-0.25, -0.2) is 4.79 Å². The van der Waals surface area contributed by atoms with Crippen LogP contribution in [0.3, 0.4) is 0 Å². The smallest absolute Gasteiger partial charge is 0.349 e. The molecule has 110 valence electrons. The number of carbonyl (C=O) groups is 1. The van der Waals surface area contributed by atoms with E-state index in [1.165, 1.54) is 0 Å². The maximum Gasteiger partial charge on any atom is 0.349 e. The van der Waals surface area contributed by atoms with Crippen LogP contribution in [0, 0.1) is 13.8 Å². The van der Waals surface area contributed by atoms with E-state index >= 15 is 0 Å². The Morgan fingerprint density at radius 3 is 2.43 bits per heavy atom. The molecule has 0 atom stereocenters. The summed E-state index contributed by atoms with van der Waals surface area (Å²) in [5.74, 6) is 0.719. The van der Waals surface area contributed by atoms with E-state index < -0.39 is 5.97 Å². The van der Waals surface area contributed by atoms with Gasteiger partial charge in [0.25, 0.3) is 0 Å². The number of carbonyl (C=O) groups excluding carboxylic acids is 1. The molecule has 0 bridgehead atoms. The molecule has 0 N–H and O–H groups in total. The van der Waals surface area contributed by atoms with Gasteiger partial charge in [0, 0.05) is 4.47 Å². The highest BCUT2D eigenvalue weighted by molar-refractivity contribution is 9.11. The standard InChI is InChI=1S/C16H14Br2O3/c1-10-3-5-14(11(2)7-10)21-16(19)9-20-15-6-4-12(17)8-13(15)18/h3-8H,9H2,1-2H3. The Bertz CT molecular complexity index is 669. The molecule has 2 rings (SSSR count). The molecular weight excluding hydrogens is 400 g/mol. The molecule has 3 nitrogen and oxygen atoms in total. The molecule has 0 heterocycles. The fourth-order valence-corrected chi connectivity index (χ4v) is 2.96. The van der Waals surface area contributed by atoms with Gasteiger partial charge in [0.05, 0.1) is 4.47 Å². The molecule has 0 saturated carbocycles. The van der Waals surface area contributed by atoms with Crippen LogP contribution in [0.15, 0.2) is 45.3 Å². The van der Waals surface area contributed by atoms with Crippen molar-refractivity contribution in [1.82, 2.24) is 0 Å². The lowest BCUT2D eigenvalue weighted by Crippen LogP contribution is -2.18. The lowest BCUT2D eigenvalue weighted by atomic mass is 10.1. The van der Waals surface area contributed by atoms with E-state index in [1.807, 2.05) is 38.1 Å². The van der Waals surface area contributed by atoms with Crippen LogP contribution in [-0.2, 0) is 4.79 Å². The Labute approximate surface area is 140 Å². The third-order valence-electron chi connectivity index (χ3n) is 2.79. The third kappa shape index (κ3) is 4.58. The summed E-state index contributed by atoms with van der Waals surface area (Å²) in [5, 5.41) is 0. The van der Waals surface area contributed by atoms with Crippen molar-refractivity contribution in [1.29, 1.82) is 0 Å². The van der Waals surface area contributed by atoms with Crippen molar-refractivity contribution in [2.24, 2.45) is 0 Å². The SMILES string of the molecule is Cc1ccc(OC(=O)COc2ccc(Br)cc2Br)c(C)c1. The second kappa shape index (κ2) is 7.09. The molecule has 0 aromatic heterocycles. The quantitative estimate of drug-likeness (QED) is 0.532. The first-order valence-corrected chi connectivity index (χ1v) is 7.90. The van der Waals surface area contributed by atoms with Crippen LogP contribution in [0.2, 0.25) is 0 Å². The normalized spacial score (nSPS) is 10.3. The molecule has 0 saturated heterocycles. The Hall–Kier alpha value is -1.33. The summed E-state index contributed by atoms with van der Waals surface area (Å²) in [6.45, 7) is 3.75. The molecule has 0 radical (unpaired) electrons. The summed E-state index contributed by atoms with van der Waals surface area (Å²) in [5.41, 5.74) is 2.05. The predicted molar refractivity (Wildman–Crippen MR) is 88.9 cm³/mol. The fraction of sp³-hybridized carbons (Fsp3) is 0.188. The van der Waals surface area contributed by atoms with E-state index in [2.05, 4.69) is 31.9 Å². The van der Waals surface area contributed by atoms with Gasteiger partial charge in [0.1, 0.15) is 11.5 Å². The molecule has 2 aromatic rings. The van der Waals surface area contributed by atoms with Crippen LogP contribution < -0.4 is 9.47 Å². The number of halogens is 2. The lowest BCUT2D eigenvalue weighted by molar-refractivity contribution is -0.136. The van der Waals surface area contributed by atoms with Gasteiger partial charge in [0.2, 0.25) is 0 Å². The topological polar surface area (TPSA) is 35.5 Å². The second-order valence-electron chi connectivity index (χ2n) is 4.61. The average Bonchev–Trinajstić information content (AvgIpc) is 2.41.